The second kappa shape index (κ2) is 7.45. The maximum atomic E-state index is 13.7. The van der Waals surface area contributed by atoms with E-state index in [9.17, 15) is 9.59 Å². The van der Waals surface area contributed by atoms with E-state index in [1.54, 1.807) is 11.1 Å². The Hall–Kier alpha value is -3.73. The fourth-order valence-electron chi connectivity index (χ4n) is 4.32. The SMILES string of the molecule is CCc1ccc(C2c3c(oc4cc(C)c(C)cc4c3=O)C(=O)N2c2ccc(C)cn2)cc1. The van der Waals surface area contributed by atoms with Crippen LogP contribution in [0.2, 0.25) is 0 Å². The fraction of sp³-hybridized carbons (Fsp3) is 0.222. The molecule has 5 rings (SSSR count). The number of amides is 1. The van der Waals surface area contributed by atoms with E-state index in [4.69, 9.17) is 4.42 Å². The van der Waals surface area contributed by atoms with Crippen molar-refractivity contribution in [3.05, 3.63) is 104 Å². The van der Waals surface area contributed by atoms with E-state index in [1.165, 1.54) is 5.56 Å². The summed E-state index contributed by atoms with van der Waals surface area (Å²) in [4.78, 5) is 33.4. The number of hydrogen-bond donors (Lipinski definition) is 0. The van der Waals surface area contributed by atoms with Gasteiger partial charge in [0.1, 0.15) is 11.4 Å². The smallest absolute Gasteiger partial charge is 0.296 e. The maximum absolute atomic E-state index is 13.7. The van der Waals surface area contributed by atoms with Crippen LogP contribution in [-0.4, -0.2) is 10.9 Å². The van der Waals surface area contributed by atoms with Crippen LogP contribution >= 0.6 is 0 Å². The Morgan fingerprint density at radius 2 is 1.69 bits per heavy atom. The van der Waals surface area contributed by atoms with Crippen molar-refractivity contribution in [3.63, 3.8) is 0 Å². The molecule has 5 nitrogen and oxygen atoms in total. The lowest BCUT2D eigenvalue weighted by Gasteiger charge is -2.24. The van der Waals surface area contributed by atoms with Crippen molar-refractivity contribution in [1.29, 1.82) is 0 Å². The third kappa shape index (κ3) is 3.04. The minimum Gasteiger partial charge on any atom is -0.450 e. The predicted molar refractivity (Wildman–Crippen MR) is 125 cm³/mol. The number of hydrogen-bond acceptors (Lipinski definition) is 4. The summed E-state index contributed by atoms with van der Waals surface area (Å²) in [5.74, 6) is 0.239. The van der Waals surface area contributed by atoms with E-state index in [0.717, 1.165) is 28.7 Å². The second-order valence-electron chi connectivity index (χ2n) is 8.47. The molecule has 3 heterocycles. The molecule has 0 aliphatic carbocycles. The molecule has 0 radical (unpaired) electrons. The molecule has 4 aromatic rings. The summed E-state index contributed by atoms with van der Waals surface area (Å²) in [5, 5.41) is 0.494. The minimum atomic E-state index is -0.596. The number of rotatable bonds is 3. The Balaban J connectivity index is 1.80. The van der Waals surface area contributed by atoms with Crippen molar-refractivity contribution in [2.45, 2.75) is 40.2 Å². The van der Waals surface area contributed by atoms with Gasteiger partial charge < -0.3 is 4.42 Å². The Morgan fingerprint density at radius 1 is 0.969 bits per heavy atom. The van der Waals surface area contributed by atoms with E-state index >= 15 is 0 Å². The van der Waals surface area contributed by atoms with Crippen molar-refractivity contribution in [3.8, 4) is 0 Å². The highest BCUT2D eigenvalue weighted by Gasteiger charge is 2.44. The van der Waals surface area contributed by atoms with Crippen LogP contribution in [0.3, 0.4) is 0 Å². The lowest BCUT2D eigenvalue weighted by atomic mass is 9.96. The van der Waals surface area contributed by atoms with Crippen molar-refractivity contribution in [2.75, 3.05) is 4.90 Å². The first-order valence-electron chi connectivity index (χ1n) is 10.8. The van der Waals surface area contributed by atoms with Gasteiger partial charge >= 0.3 is 0 Å². The first-order valence-corrected chi connectivity index (χ1v) is 10.8. The molecule has 2 aromatic carbocycles. The number of nitrogens with zero attached hydrogens (tertiary/aromatic N) is 2. The lowest BCUT2D eigenvalue weighted by Crippen LogP contribution is -2.30. The van der Waals surface area contributed by atoms with Crippen LogP contribution in [0.5, 0.6) is 0 Å². The number of aryl methyl sites for hydroxylation is 4. The van der Waals surface area contributed by atoms with Gasteiger partial charge in [-0.1, -0.05) is 37.3 Å². The number of fused-ring (bicyclic) bond motifs is 2. The molecule has 1 aliphatic heterocycles. The summed E-state index contributed by atoms with van der Waals surface area (Å²) in [5.41, 5.74) is 5.69. The molecule has 32 heavy (non-hydrogen) atoms. The van der Waals surface area contributed by atoms with Crippen LogP contribution in [0.1, 0.15) is 56.9 Å². The highest BCUT2D eigenvalue weighted by molar-refractivity contribution is 6.10. The summed E-state index contributed by atoms with van der Waals surface area (Å²) in [6.45, 7) is 7.97. The van der Waals surface area contributed by atoms with Crippen LogP contribution in [0.25, 0.3) is 11.0 Å². The van der Waals surface area contributed by atoms with Crippen LogP contribution < -0.4 is 10.3 Å². The monoisotopic (exact) mass is 424 g/mol. The molecular formula is C27H24N2O3. The van der Waals surface area contributed by atoms with Gasteiger partial charge in [0.25, 0.3) is 5.91 Å². The Labute approximate surface area is 186 Å². The molecule has 160 valence electrons. The molecular weight excluding hydrogens is 400 g/mol. The van der Waals surface area contributed by atoms with E-state index in [1.807, 2.05) is 69.3 Å². The zero-order valence-electron chi connectivity index (χ0n) is 18.6. The molecule has 1 atom stereocenters. The summed E-state index contributed by atoms with van der Waals surface area (Å²) >= 11 is 0. The highest BCUT2D eigenvalue weighted by Crippen LogP contribution is 2.40. The van der Waals surface area contributed by atoms with Gasteiger partial charge in [-0.25, -0.2) is 4.98 Å². The van der Waals surface area contributed by atoms with Crippen LogP contribution in [0.4, 0.5) is 5.82 Å². The predicted octanol–water partition coefficient (Wildman–Crippen LogP) is 5.43. The first-order chi connectivity index (χ1) is 15.4. The number of anilines is 1. The molecule has 0 fully saturated rings. The normalized spacial score (nSPS) is 15.4. The zero-order valence-corrected chi connectivity index (χ0v) is 18.6. The van der Waals surface area contributed by atoms with Crippen molar-refractivity contribution in [1.82, 2.24) is 4.98 Å². The number of benzene rings is 2. The third-order valence-corrected chi connectivity index (χ3v) is 6.33. The summed E-state index contributed by atoms with van der Waals surface area (Å²) in [7, 11) is 0. The van der Waals surface area contributed by atoms with Crippen molar-refractivity contribution in [2.24, 2.45) is 0 Å². The Kier molecular flexibility index (Phi) is 4.70. The number of carbonyl (C=O) groups is 1. The number of pyridine rings is 1. The lowest BCUT2D eigenvalue weighted by molar-refractivity contribution is 0.0970. The van der Waals surface area contributed by atoms with Crippen molar-refractivity contribution < 1.29 is 9.21 Å². The Morgan fingerprint density at radius 3 is 2.34 bits per heavy atom. The fourth-order valence-corrected chi connectivity index (χ4v) is 4.32. The van der Waals surface area contributed by atoms with E-state index in [0.29, 0.717) is 22.4 Å². The van der Waals surface area contributed by atoms with Crippen molar-refractivity contribution >= 4 is 22.7 Å². The van der Waals surface area contributed by atoms with Gasteiger partial charge in [0, 0.05) is 6.20 Å². The maximum Gasteiger partial charge on any atom is 0.296 e. The third-order valence-electron chi connectivity index (χ3n) is 6.33. The minimum absolute atomic E-state index is 0.0951. The quantitative estimate of drug-likeness (QED) is 0.440. The summed E-state index contributed by atoms with van der Waals surface area (Å²) in [6, 6.07) is 14.8. The average Bonchev–Trinajstić information content (AvgIpc) is 3.08. The molecule has 0 N–H and O–H groups in total. The van der Waals surface area contributed by atoms with Gasteiger partial charge in [0.05, 0.1) is 17.0 Å². The Bertz CT molecular complexity index is 1420. The standard InChI is InChI=1S/C27H24N2O3/c1-5-18-7-9-19(10-8-18)24-23-25(30)20-12-16(3)17(4)13-21(20)32-26(23)27(31)29(24)22-11-6-15(2)14-28-22/h6-14,24H,5H2,1-4H3. The largest absolute Gasteiger partial charge is 0.450 e. The van der Waals surface area contributed by atoms with Crippen LogP contribution in [-0.2, 0) is 6.42 Å². The molecule has 1 unspecified atom stereocenters. The molecule has 0 spiro atoms. The molecule has 2 aromatic heterocycles. The van der Waals surface area contributed by atoms with Gasteiger partial charge in [0.2, 0.25) is 5.76 Å². The van der Waals surface area contributed by atoms with E-state index < -0.39 is 6.04 Å². The van der Waals surface area contributed by atoms with Gasteiger partial charge in [-0.05, 0) is 73.2 Å². The van der Waals surface area contributed by atoms with Crippen LogP contribution in [0, 0.1) is 20.8 Å². The molecule has 5 heteroatoms. The molecule has 0 saturated heterocycles. The average molecular weight is 425 g/mol. The molecule has 0 saturated carbocycles. The molecule has 0 bridgehead atoms. The van der Waals surface area contributed by atoms with E-state index in [-0.39, 0.29) is 17.1 Å². The summed E-state index contributed by atoms with van der Waals surface area (Å²) < 4.78 is 6.09. The number of aromatic nitrogens is 1. The second-order valence-corrected chi connectivity index (χ2v) is 8.47. The van der Waals surface area contributed by atoms with Gasteiger partial charge in [0.15, 0.2) is 5.43 Å². The molecule has 1 amide bonds. The van der Waals surface area contributed by atoms with Gasteiger partial charge in [-0.2, -0.15) is 0 Å². The highest BCUT2D eigenvalue weighted by atomic mass is 16.3. The first kappa shape index (κ1) is 20.2. The van der Waals surface area contributed by atoms with Gasteiger partial charge in [-0.15, -0.1) is 0 Å². The topological polar surface area (TPSA) is 63.4 Å². The van der Waals surface area contributed by atoms with Gasteiger partial charge in [-0.3, -0.25) is 14.5 Å². The zero-order chi connectivity index (χ0) is 22.6. The molecule has 1 aliphatic rings. The van der Waals surface area contributed by atoms with Crippen LogP contribution in [0.15, 0.2) is 63.9 Å². The summed E-state index contributed by atoms with van der Waals surface area (Å²) in [6.07, 6.45) is 2.64. The number of carbonyl (C=O) groups excluding carboxylic acids is 1. The van der Waals surface area contributed by atoms with E-state index in [2.05, 4.69) is 11.9 Å².